The fourth-order valence-electron chi connectivity index (χ4n) is 3.78. The molecule has 1 amide bonds. The molecule has 0 radical (unpaired) electrons. The van der Waals surface area contributed by atoms with E-state index in [4.69, 9.17) is 4.74 Å². The van der Waals surface area contributed by atoms with E-state index < -0.39 is 5.60 Å². The molecule has 1 atom stereocenters. The van der Waals surface area contributed by atoms with Crippen molar-refractivity contribution in [3.63, 3.8) is 0 Å². The van der Waals surface area contributed by atoms with Crippen LogP contribution in [0.2, 0.25) is 0 Å². The molecule has 1 aliphatic heterocycles. The Hall–Kier alpha value is -1.55. The summed E-state index contributed by atoms with van der Waals surface area (Å²) in [7, 11) is 0. The van der Waals surface area contributed by atoms with Crippen molar-refractivity contribution < 1.29 is 14.6 Å². The van der Waals surface area contributed by atoms with Crippen LogP contribution in [0, 0.1) is 0 Å². The lowest BCUT2D eigenvalue weighted by atomic mass is 9.72. The summed E-state index contributed by atoms with van der Waals surface area (Å²) in [6, 6.07) is 8.31. The summed E-state index contributed by atoms with van der Waals surface area (Å²) in [6.45, 7) is 6.93. The molecule has 0 saturated carbocycles. The van der Waals surface area contributed by atoms with Gasteiger partial charge in [0.15, 0.2) is 0 Å². The fourth-order valence-corrected chi connectivity index (χ4v) is 3.78. The van der Waals surface area contributed by atoms with Crippen LogP contribution in [0.5, 0.6) is 0 Å². The molecular weight excluding hydrogens is 278 g/mol. The van der Waals surface area contributed by atoms with E-state index in [-0.39, 0.29) is 17.6 Å². The van der Waals surface area contributed by atoms with Gasteiger partial charge in [-0.3, -0.25) is 0 Å². The summed E-state index contributed by atoms with van der Waals surface area (Å²) >= 11 is 0. The van der Waals surface area contributed by atoms with Crippen LogP contribution < -0.4 is 0 Å². The normalized spacial score (nSPS) is 23.5. The molecule has 1 N–H and O–H groups in total. The van der Waals surface area contributed by atoms with Gasteiger partial charge in [-0.2, -0.15) is 0 Å². The molecular formula is C18H25NO3. The van der Waals surface area contributed by atoms with E-state index in [1.807, 2.05) is 32.9 Å². The Kier molecular flexibility index (Phi) is 3.68. The van der Waals surface area contributed by atoms with E-state index in [2.05, 4.69) is 12.1 Å². The number of amides is 1. The van der Waals surface area contributed by atoms with Gasteiger partial charge in [-0.15, -0.1) is 0 Å². The van der Waals surface area contributed by atoms with Crippen molar-refractivity contribution in [1.29, 1.82) is 0 Å². The lowest BCUT2D eigenvalue weighted by Gasteiger charge is -2.42. The summed E-state index contributed by atoms with van der Waals surface area (Å²) in [4.78, 5) is 14.0. The molecule has 3 rings (SSSR count). The standard InChI is InChI=1S/C18H25NO3/c1-17(2,3)22-16(21)19-10-8-18(9-11-19)14-7-5-4-6-13(14)12-15(18)20/h4-7,15,20H,8-12H2,1-3H3/t15-/m0/s1. The predicted molar refractivity (Wildman–Crippen MR) is 84.9 cm³/mol. The third-order valence-electron chi connectivity index (χ3n) is 4.91. The average molecular weight is 303 g/mol. The number of likely N-dealkylation sites (tertiary alicyclic amines) is 1. The van der Waals surface area contributed by atoms with Crippen molar-refractivity contribution in [2.75, 3.05) is 13.1 Å². The lowest BCUT2D eigenvalue weighted by molar-refractivity contribution is 0.00279. The number of benzene rings is 1. The van der Waals surface area contributed by atoms with E-state index in [1.54, 1.807) is 4.90 Å². The van der Waals surface area contributed by atoms with Crippen molar-refractivity contribution in [2.24, 2.45) is 0 Å². The smallest absolute Gasteiger partial charge is 0.410 e. The second kappa shape index (κ2) is 5.27. The number of nitrogens with zero attached hydrogens (tertiary/aromatic N) is 1. The number of carbonyl (C=O) groups is 1. The van der Waals surface area contributed by atoms with Crippen LogP contribution in [0.4, 0.5) is 4.79 Å². The molecule has 2 aliphatic rings. The number of aliphatic hydroxyl groups excluding tert-OH is 1. The molecule has 0 unspecified atom stereocenters. The maximum atomic E-state index is 12.2. The van der Waals surface area contributed by atoms with Crippen molar-refractivity contribution in [3.05, 3.63) is 35.4 Å². The predicted octanol–water partition coefficient (Wildman–Crippen LogP) is 2.87. The Morgan fingerprint density at radius 1 is 1.27 bits per heavy atom. The zero-order valence-corrected chi connectivity index (χ0v) is 13.6. The topological polar surface area (TPSA) is 49.8 Å². The number of fused-ring (bicyclic) bond motifs is 2. The third-order valence-corrected chi connectivity index (χ3v) is 4.91. The summed E-state index contributed by atoms with van der Waals surface area (Å²) in [5.74, 6) is 0. The molecule has 1 fully saturated rings. The van der Waals surface area contributed by atoms with Gasteiger partial charge in [0.2, 0.25) is 0 Å². The number of rotatable bonds is 0. The highest BCUT2D eigenvalue weighted by Gasteiger charge is 2.48. The monoisotopic (exact) mass is 303 g/mol. The molecule has 1 aliphatic carbocycles. The summed E-state index contributed by atoms with van der Waals surface area (Å²) < 4.78 is 5.45. The molecule has 0 bridgehead atoms. The molecule has 0 aromatic heterocycles. The van der Waals surface area contributed by atoms with Crippen molar-refractivity contribution >= 4 is 6.09 Å². The van der Waals surface area contributed by atoms with Crippen LogP contribution >= 0.6 is 0 Å². The van der Waals surface area contributed by atoms with E-state index in [0.29, 0.717) is 13.1 Å². The molecule has 22 heavy (non-hydrogen) atoms. The van der Waals surface area contributed by atoms with Crippen LogP contribution in [-0.2, 0) is 16.6 Å². The Morgan fingerprint density at radius 2 is 1.91 bits per heavy atom. The number of piperidine rings is 1. The van der Waals surface area contributed by atoms with Gasteiger partial charge in [0.1, 0.15) is 5.60 Å². The van der Waals surface area contributed by atoms with Gasteiger partial charge in [0, 0.05) is 18.5 Å². The summed E-state index contributed by atoms with van der Waals surface area (Å²) in [5, 5.41) is 10.6. The van der Waals surface area contributed by atoms with Crippen LogP contribution in [-0.4, -0.2) is 40.9 Å². The number of hydrogen-bond acceptors (Lipinski definition) is 3. The quantitative estimate of drug-likeness (QED) is 0.802. The van der Waals surface area contributed by atoms with Gasteiger partial charge in [-0.05, 0) is 51.2 Å². The molecule has 4 heteroatoms. The van der Waals surface area contributed by atoms with E-state index in [1.165, 1.54) is 11.1 Å². The van der Waals surface area contributed by atoms with Crippen molar-refractivity contribution in [1.82, 2.24) is 4.90 Å². The zero-order valence-electron chi connectivity index (χ0n) is 13.6. The van der Waals surface area contributed by atoms with Gasteiger partial charge in [0.05, 0.1) is 6.10 Å². The minimum atomic E-state index is -0.467. The molecule has 1 spiro atoms. The lowest BCUT2D eigenvalue weighted by Crippen LogP contribution is -2.50. The van der Waals surface area contributed by atoms with E-state index in [0.717, 1.165) is 19.3 Å². The highest BCUT2D eigenvalue weighted by Crippen LogP contribution is 2.46. The van der Waals surface area contributed by atoms with Crippen LogP contribution in [0.1, 0.15) is 44.7 Å². The Balaban J connectivity index is 1.73. The number of carbonyl (C=O) groups excluding carboxylic acids is 1. The highest BCUT2D eigenvalue weighted by molar-refractivity contribution is 5.68. The second-order valence-electron chi connectivity index (χ2n) is 7.50. The van der Waals surface area contributed by atoms with Crippen LogP contribution in [0.15, 0.2) is 24.3 Å². The maximum Gasteiger partial charge on any atom is 0.410 e. The SMILES string of the molecule is CC(C)(C)OC(=O)N1CCC2(CC1)c1ccccc1C[C@@H]2O. The third kappa shape index (κ3) is 2.60. The highest BCUT2D eigenvalue weighted by atomic mass is 16.6. The Bertz CT molecular complexity index is 568. The first-order chi connectivity index (χ1) is 10.3. The zero-order chi connectivity index (χ0) is 16.0. The number of hydrogen-bond donors (Lipinski definition) is 1. The van der Waals surface area contributed by atoms with Gasteiger partial charge in [-0.1, -0.05) is 24.3 Å². The number of aliphatic hydroxyl groups is 1. The van der Waals surface area contributed by atoms with Crippen molar-refractivity contribution in [3.8, 4) is 0 Å². The average Bonchev–Trinajstić information content (AvgIpc) is 2.71. The first-order valence-corrected chi connectivity index (χ1v) is 8.06. The first-order valence-electron chi connectivity index (χ1n) is 8.06. The van der Waals surface area contributed by atoms with Gasteiger partial charge in [0.25, 0.3) is 0 Å². The fraction of sp³-hybridized carbons (Fsp3) is 0.611. The van der Waals surface area contributed by atoms with Gasteiger partial charge in [-0.25, -0.2) is 4.79 Å². The number of ether oxygens (including phenoxy) is 1. The Labute approximate surface area is 132 Å². The summed E-state index contributed by atoms with van der Waals surface area (Å²) in [5.41, 5.74) is 1.87. The van der Waals surface area contributed by atoms with Gasteiger partial charge < -0.3 is 14.7 Å². The molecule has 120 valence electrons. The maximum absolute atomic E-state index is 12.2. The van der Waals surface area contributed by atoms with E-state index in [9.17, 15) is 9.90 Å². The largest absolute Gasteiger partial charge is 0.444 e. The second-order valence-corrected chi connectivity index (χ2v) is 7.50. The first kappa shape index (κ1) is 15.3. The van der Waals surface area contributed by atoms with Crippen LogP contribution in [0.25, 0.3) is 0 Å². The van der Waals surface area contributed by atoms with Crippen LogP contribution in [0.3, 0.4) is 0 Å². The minimum Gasteiger partial charge on any atom is -0.444 e. The molecule has 1 aromatic rings. The minimum absolute atomic E-state index is 0.185. The van der Waals surface area contributed by atoms with Gasteiger partial charge >= 0.3 is 6.09 Å². The molecule has 1 saturated heterocycles. The van der Waals surface area contributed by atoms with Crippen molar-refractivity contribution in [2.45, 2.75) is 57.2 Å². The molecule has 4 nitrogen and oxygen atoms in total. The molecule has 1 heterocycles. The Morgan fingerprint density at radius 3 is 2.55 bits per heavy atom. The van der Waals surface area contributed by atoms with E-state index >= 15 is 0 Å². The summed E-state index contributed by atoms with van der Waals surface area (Å²) in [6.07, 6.45) is 1.73. The molecule has 1 aromatic carbocycles.